The van der Waals surface area contributed by atoms with Gasteiger partial charge in [0.15, 0.2) is 5.76 Å². The van der Waals surface area contributed by atoms with Crippen molar-refractivity contribution in [1.29, 1.82) is 0 Å². The van der Waals surface area contributed by atoms with Gasteiger partial charge >= 0.3 is 0 Å². The molecule has 5 rings (SSSR count). The standard InChI is InChI=1S/C26H32N2O4/c29-26(24-19-31-25(32-24)15-21-7-3-1-4-8-21)20-28(16-22-9-5-2-6-10-22)18-23(26)17-27-11-13-30-14-12-27/h1-10,19,23,25,29H,11-18,20H2. The number of ether oxygens (including phenoxy) is 3. The quantitative estimate of drug-likeness (QED) is 0.720. The fourth-order valence-corrected chi connectivity index (χ4v) is 4.98. The topological polar surface area (TPSA) is 54.4 Å². The zero-order valence-electron chi connectivity index (χ0n) is 18.4. The second-order valence-electron chi connectivity index (χ2n) is 9.04. The highest BCUT2D eigenvalue weighted by atomic mass is 16.7. The average Bonchev–Trinajstić information content (AvgIpc) is 3.41. The maximum Gasteiger partial charge on any atom is 0.244 e. The Balaban J connectivity index is 1.29. The SMILES string of the molecule is OC1(C2=COC(Cc3ccccc3)O2)CN(Cc2ccccc2)CC1CN1CCOCC1. The molecule has 32 heavy (non-hydrogen) atoms. The van der Waals surface area contributed by atoms with Crippen molar-refractivity contribution in [3.63, 3.8) is 0 Å². The molecule has 0 saturated carbocycles. The van der Waals surface area contributed by atoms with E-state index in [1.165, 1.54) is 5.56 Å². The number of hydrogen-bond donors (Lipinski definition) is 1. The lowest BCUT2D eigenvalue weighted by molar-refractivity contribution is -0.0769. The zero-order chi connectivity index (χ0) is 21.8. The molecular weight excluding hydrogens is 404 g/mol. The molecule has 0 bridgehead atoms. The van der Waals surface area contributed by atoms with Crippen LogP contribution in [0.2, 0.25) is 0 Å². The molecule has 6 nitrogen and oxygen atoms in total. The Morgan fingerprint density at radius 3 is 2.31 bits per heavy atom. The first-order valence-electron chi connectivity index (χ1n) is 11.5. The summed E-state index contributed by atoms with van der Waals surface area (Å²) >= 11 is 0. The Bertz CT molecular complexity index is 901. The van der Waals surface area contributed by atoms with Gasteiger partial charge in [-0.2, -0.15) is 0 Å². The molecular formula is C26H32N2O4. The zero-order valence-corrected chi connectivity index (χ0v) is 18.4. The van der Waals surface area contributed by atoms with E-state index in [9.17, 15) is 5.11 Å². The van der Waals surface area contributed by atoms with Gasteiger partial charge in [-0.1, -0.05) is 60.7 Å². The summed E-state index contributed by atoms with van der Waals surface area (Å²) in [5.41, 5.74) is 1.33. The lowest BCUT2D eigenvalue weighted by Gasteiger charge is -2.34. The number of hydrogen-bond acceptors (Lipinski definition) is 6. The van der Waals surface area contributed by atoms with Gasteiger partial charge in [0.1, 0.15) is 11.9 Å². The maximum absolute atomic E-state index is 11.9. The normalized spacial score (nSPS) is 28.8. The molecule has 3 heterocycles. The van der Waals surface area contributed by atoms with E-state index in [1.807, 2.05) is 24.3 Å². The van der Waals surface area contributed by atoms with E-state index >= 15 is 0 Å². The van der Waals surface area contributed by atoms with Crippen LogP contribution in [0.5, 0.6) is 0 Å². The summed E-state index contributed by atoms with van der Waals surface area (Å²) in [5.74, 6) is 0.599. The summed E-state index contributed by atoms with van der Waals surface area (Å²) < 4.78 is 17.5. The fraction of sp³-hybridized carbons (Fsp3) is 0.462. The number of morpholine rings is 1. The summed E-state index contributed by atoms with van der Waals surface area (Å²) in [5, 5.41) is 11.9. The van der Waals surface area contributed by atoms with E-state index in [-0.39, 0.29) is 5.92 Å². The van der Waals surface area contributed by atoms with Crippen molar-refractivity contribution >= 4 is 0 Å². The Labute approximate surface area is 190 Å². The van der Waals surface area contributed by atoms with E-state index in [0.717, 1.165) is 51.5 Å². The smallest absolute Gasteiger partial charge is 0.244 e. The molecule has 0 aromatic heterocycles. The van der Waals surface area contributed by atoms with Crippen molar-refractivity contribution in [1.82, 2.24) is 9.80 Å². The molecule has 0 aliphatic carbocycles. The molecule has 2 fully saturated rings. The molecule has 170 valence electrons. The van der Waals surface area contributed by atoms with Crippen LogP contribution in [0, 0.1) is 5.92 Å². The van der Waals surface area contributed by atoms with Gasteiger partial charge in [0, 0.05) is 51.6 Å². The first kappa shape index (κ1) is 21.5. The maximum atomic E-state index is 11.9. The van der Waals surface area contributed by atoms with Gasteiger partial charge in [-0.3, -0.25) is 9.80 Å². The molecule has 0 spiro atoms. The Morgan fingerprint density at radius 2 is 1.59 bits per heavy atom. The van der Waals surface area contributed by atoms with E-state index in [2.05, 4.69) is 46.2 Å². The lowest BCUT2D eigenvalue weighted by atomic mass is 9.88. The molecule has 0 radical (unpaired) electrons. The monoisotopic (exact) mass is 436 g/mol. The van der Waals surface area contributed by atoms with Gasteiger partial charge < -0.3 is 19.3 Å². The van der Waals surface area contributed by atoms with E-state index < -0.39 is 11.9 Å². The molecule has 1 N–H and O–H groups in total. The van der Waals surface area contributed by atoms with Gasteiger partial charge in [-0.15, -0.1) is 0 Å². The van der Waals surface area contributed by atoms with Crippen LogP contribution in [0.15, 0.2) is 72.7 Å². The van der Waals surface area contributed by atoms with Gasteiger partial charge in [-0.05, 0) is 11.1 Å². The molecule has 3 unspecified atom stereocenters. The Kier molecular flexibility index (Phi) is 6.46. The summed E-state index contributed by atoms with van der Waals surface area (Å²) in [7, 11) is 0. The van der Waals surface area contributed by atoms with Crippen LogP contribution in [0.4, 0.5) is 0 Å². The van der Waals surface area contributed by atoms with Gasteiger partial charge in [-0.25, -0.2) is 0 Å². The van der Waals surface area contributed by atoms with Crippen LogP contribution in [-0.2, 0) is 27.2 Å². The van der Waals surface area contributed by atoms with Crippen LogP contribution >= 0.6 is 0 Å². The number of benzene rings is 2. The van der Waals surface area contributed by atoms with Crippen molar-refractivity contribution in [2.75, 3.05) is 45.9 Å². The van der Waals surface area contributed by atoms with Crippen molar-refractivity contribution in [2.24, 2.45) is 5.92 Å². The van der Waals surface area contributed by atoms with Crippen molar-refractivity contribution in [3.8, 4) is 0 Å². The molecule has 3 aliphatic heterocycles. The number of β-amino-alcohol motifs (C(OH)–C–C–N with tert-alkyl or cyclic N) is 1. The second-order valence-corrected chi connectivity index (χ2v) is 9.04. The molecule has 6 heteroatoms. The number of likely N-dealkylation sites (tertiary alicyclic amines) is 1. The van der Waals surface area contributed by atoms with Crippen LogP contribution in [0.25, 0.3) is 0 Å². The first-order valence-corrected chi connectivity index (χ1v) is 11.5. The molecule has 2 aromatic carbocycles. The average molecular weight is 437 g/mol. The first-order chi connectivity index (χ1) is 15.7. The third-order valence-electron chi connectivity index (χ3n) is 6.71. The van der Waals surface area contributed by atoms with Gasteiger partial charge in [0.05, 0.1) is 13.2 Å². The molecule has 0 amide bonds. The highest BCUT2D eigenvalue weighted by Crippen LogP contribution is 2.39. The highest BCUT2D eigenvalue weighted by molar-refractivity contribution is 5.22. The van der Waals surface area contributed by atoms with Crippen LogP contribution < -0.4 is 0 Å². The Morgan fingerprint density at radius 1 is 0.906 bits per heavy atom. The minimum Gasteiger partial charge on any atom is -0.459 e. The van der Waals surface area contributed by atoms with Crippen LogP contribution in [-0.4, -0.2) is 72.7 Å². The van der Waals surface area contributed by atoms with Crippen molar-refractivity contribution < 1.29 is 19.3 Å². The molecule has 2 saturated heterocycles. The third-order valence-corrected chi connectivity index (χ3v) is 6.71. The van der Waals surface area contributed by atoms with Gasteiger partial charge in [0.25, 0.3) is 0 Å². The summed E-state index contributed by atoms with van der Waals surface area (Å²) in [6.45, 7) is 6.27. The third kappa shape index (κ3) is 4.84. The molecule has 2 aromatic rings. The van der Waals surface area contributed by atoms with Crippen LogP contribution in [0.3, 0.4) is 0 Å². The van der Waals surface area contributed by atoms with E-state index in [4.69, 9.17) is 14.2 Å². The van der Waals surface area contributed by atoms with E-state index in [1.54, 1.807) is 6.26 Å². The van der Waals surface area contributed by atoms with Gasteiger partial charge in [0.2, 0.25) is 6.29 Å². The summed E-state index contributed by atoms with van der Waals surface area (Å²) in [6.07, 6.45) is 1.90. The molecule has 3 atom stereocenters. The predicted octanol–water partition coefficient (Wildman–Crippen LogP) is 2.64. The second kappa shape index (κ2) is 9.63. The minimum atomic E-state index is -1.07. The molecule has 3 aliphatic rings. The van der Waals surface area contributed by atoms with Crippen molar-refractivity contribution in [2.45, 2.75) is 24.9 Å². The number of nitrogens with zero attached hydrogens (tertiary/aromatic N) is 2. The predicted molar refractivity (Wildman–Crippen MR) is 122 cm³/mol. The Hall–Kier alpha value is -2.38. The summed E-state index contributed by atoms with van der Waals surface area (Å²) in [4.78, 5) is 4.72. The fourth-order valence-electron chi connectivity index (χ4n) is 4.98. The number of aliphatic hydroxyl groups is 1. The van der Waals surface area contributed by atoms with E-state index in [0.29, 0.717) is 18.7 Å². The van der Waals surface area contributed by atoms with Crippen LogP contribution in [0.1, 0.15) is 11.1 Å². The number of rotatable bonds is 7. The summed E-state index contributed by atoms with van der Waals surface area (Å²) in [6, 6.07) is 20.6. The largest absolute Gasteiger partial charge is 0.459 e. The minimum absolute atomic E-state index is 0.0367. The lowest BCUT2D eigenvalue weighted by Crippen LogP contribution is -2.48. The van der Waals surface area contributed by atoms with Crippen molar-refractivity contribution in [3.05, 3.63) is 83.8 Å². The highest BCUT2D eigenvalue weighted by Gasteiger charge is 2.51.